The van der Waals surface area contributed by atoms with Gasteiger partial charge in [-0.2, -0.15) is 0 Å². The summed E-state index contributed by atoms with van der Waals surface area (Å²) in [6.07, 6.45) is 6.52. The van der Waals surface area contributed by atoms with Gasteiger partial charge in [0.15, 0.2) is 4.87 Å². The number of para-hydroxylation sites is 1. The summed E-state index contributed by atoms with van der Waals surface area (Å²) >= 11 is 0. The Hall–Kier alpha value is -3.61. The number of sulfonamides is 1. The van der Waals surface area contributed by atoms with Gasteiger partial charge in [-0.15, -0.1) is 0 Å². The maximum Gasteiger partial charge on any atom is 0.419 e. The Morgan fingerprint density at radius 1 is 1.07 bits per heavy atom. The van der Waals surface area contributed by atoms with Crippen LogP contribution in [0.5, 0.6) is 0 Å². The molecule has 4 rings (SSSR count). The topological polar surface area (TPSA) is 159 Å². The zero-order valence-corrected chi connectivity index (χ0v) is 26.1. The number of allylic oxidation sites excluding steroid dienone is 1. The fourth-order valence-corrected chi connectivity index (χ4v) is 7.85. The maximum absolute atomic E-state index is 14.0. The molecule has 236 valence electrons. The van der Waals surface area contributed by atoms with E-state index in [9.17, 15) is 27.6 Å². The van der Waals surface area contributed by atoms with Gasteiger partial charge in [-0.25, -0.2) is 22.9 Å². The third-order valence-corrected chi connectivity index (χ3v) is 10.6. The van der Waals surface area contributed by atoms with Crippen LogP contribution in [0.1, 0.15) is 72.1 Å². The Balaban J connectivity index is 1.67. The monoisotopic (exact) mass is 617 g/mol. The summed E-state index contributed by atoms with van der Waals surface area (Å²) in [5.41, 5.74) is 5.14. The van der Waals surface area contributed by atoms with Crippen LogP contribution in [-0.2, 0) is 24.3 Å². The van der Waals surface area contributed by atoms with E-state index in [4.69, 9.17) is 10.5 Å². The van der Waals surface area contributed by atoms with Crippen molar-refractivity contribution in [3.05, 3.63) is 42.5 Å². The van der Waals surface area contributed by atoms with Gasteiger partial charge < -0.3 is 20.7 Å². The lowest BCUT2D eigenvalue weighted by atomic mass is 10.0. The predicted octanol–water partition coefficient (Wildman–Crippen LogP) is 3.48. The van der Waals surface area contributed by atoms with E-state index in [1.54, 1.807) is 51.1 Å². The SMILES string of the molecule is CN(c1ccccc1)S(=O)(=O)C12CC1/C=C\CCCCCC(N(C(N)=O)C(=O)OC(C)(C)C)C(=O)N1CCCC1C(=O)N2. The highest BCUT2D eigenvalue weighted by molar-refractivity contribution is 7.94. The van der Waals surface area contributed by atoms with Crippen LogP contribution < -0.4 is 15.4 Å². The molecule has 13 heteroatoms. The molecule has 2 aliphatic heterocycles. The first kappa shape index (κ1) is 32.3. The van der Waals surface area contributed by atoms with Crippen molar-refractivity contribution < 1.29 is 32.3 Å². The molecule has 1 saturated carbocycles. The van der Waals surface area contributed by atoms with Crippen LogP contribution in [0.4, 0.5) is 15.3 Å². The number of imide groups is 1. The van der Waals surface area contributed by atoms with E-state index >= 15 is 0 Å². The van der Waals surface area contributed by atoms with Gasteiger partial charge in [-0.05, 0) is 71.4 Å². The number of fused-ring (bicyclic) bond motifs is 2. The maximum atomic E-state index is 14.0. The second-order valence-electron chi connectivity index (χ2n) is 12.5. The average Bonchev–Trinajstić information content (AvgIpc) is 3.41. The number of anilines is 1. The van der Waals surface area contributed by atoms with Crippen LogP contribution >= 0.6 is 0 Å². The van der Waals surface area contributed by atoms with Crippen LogP contribution in [0, 0.1) is 5.92 Å². The largest absolute Gasteiger partial charge is 0.443 e. The van der Waals surface area contributed by atoms with Crippen molar-refractivity contribution in [3.8, 4) is 0 Å². The van der Waals surface area contributed by atoms with Crippen molar-refractivity contribution in [3.63, 3.8) is 0 Å². The van der Waals surface area contributed by atoms with E-state index in [1.165, 1.54) is 16.3 Å². The van der Waals surface area contributed by atoms with Gasteiger partial charge in [0, 0.05) is 19.5 Å². The van der Waals surface area contributed by atoms with Crippen LogP contribution in [0.25, 0.3) is 0 Å². The van der Waals surface area contributed by atoms with Crippen molar-refractivity contribution >= 4 is 39.6 Å². The highest BCUT2D eigenvalue weighted by atomic mass is 32.2. The minimum atomic E-state index is -4.08. The van der Waals surface area contributed by atoms with E-state index < -0.39 is 62.4 Å². The standard InChI is InChI=1S/C30H43N5O7S/c1-29(2,3)42-28(39)35(27(31)38)24-17-12-7-5-6-9-14-21-20-30(21,32-25(36)23-18-13-19-34(23)26(24)37)43(40,41)33(4)22-15-10-8-11-16-22/h8-11,14-16,21,23-24H,5-7,12-13,17-20H2,1-4H3,(H2,31,38)(H,32,36)/b14-9-. The van der Waals surface area contributed by atoms with Gasteiger partial charge in [0.1, 0.15) is 17.7 Å². The number of carbonyl (C=O) groups excluding carboxylic acids is 4. The lowest BCUT2D eigenvalue weighted by molar-refractivity contribution is -0.142. The normalized spacial score (nSPS) is 27.4. The zero-order valence-electron chi connectivity index (χ0n) is 25.3. The second-order valence-corrected chi connectivity index (χ2v) is 14.7. The molecule has 2 heterocycles. The molecule has 5 amide bonds. The number of hydrogen-bond acceptors (Lipinski definition) is 7. The number of nitrogens with one attached hydrogen (secondary N) is 1. The molecule has 2 fully saturated rings. The van der Waals surface area contributed by atoms with E-state index in [1.807, 2.05) is 12.2 Å². The molecule has 4 atom stereocenters. The highest BCUT2D eigenvalue weighted by Crippen LogP contribution is 2.51. The second kappa shape index (κ2) is 12.6. The molecule has 0 bridgehead atoms. The fourth-order valence-electron chi connectivity index (χ4n) is 5.89. The lowest BCUT2D eigenvalue weighted by Crippen LogP contribution is -2.59. The van der Waals surface area contributed by atoms with Crippen molar-refractivity contribution in [1.82, 2.24) is 15.1 Å². The smallest absolute Gasteiger partial charge is 0.419 e. The summed E-state index contributed by atoms with van der Waals surface area (Å²) in [5.74, 6) is -1.63. The Morgan fingerprint density at radius 2 is 1.77 bits per heavy atom. The summed E-state index contributed by atoms with van der Waals surface area (Å²) in [5, 5.41) is 2.83. The molecule has 0 radical (unpaired) electrons. The van der Waals surface area contributed by atoms with E-state index in [2.05, 4.69) is 5.32 Å². The molecule has 4 unspecified atom stereocenters. The van der Waals surface area contributed by atoms with Gasteiger partial charge in [0.25, 0.3) is 10.0 Å². The minimum absolute atomic E-state index is 0.151. The third kappa shape index (κ3) is 6.81. The first-order chi connectivity index (χ1) is 20.2. The molecule has 43 heavy (non-hydrogen) atoms. The number of hydrogen-bond donors (Lipinski definition) is 2. The number of nitrogens with zero attached hydrogens (tertiary/aromatic N) is 3. The molecule has 12 nitrogen and oxygen atoms in total. The molecule has 0 spiro atoms. The van der Waals surface area contributed by atoms with E-state index in [0.29, 0.717) is 42.7 Å². The molecule has 3 N–H and O–H groups in total. The Labute approximate surface area is 253 Å². The van der Waals surface area contributed by atoms with E-state index in [0.717, 1.165) is 6.42 Å². The summed E-state index contributed by atoms with van der Waals surface area (Å²) in [6.45, 7) is 5.13. The van der Waals surface area contributed by atoms with Gasteiger partial charge in [0.05, 0.1) is 5.69 Å². The third-order valence-electron chi connectivity index (χ3n) is 8.22. The number of carbonyl (C=O) groups is 4. The Bertz CT molecular complexity index is 1360. The number of urea groups is 1. The highest BCUT2D eigenvalue weighted by Gasteiger charge is 2.66. The number of primary amides is 1. The van der Waals surface area contributed by atoms with E-state index in [-0.39, 0.29) is 19.4 Å². The van der Waals surface area contributed by atoms with Crippen LogP contribution in [-0.4, -0.2) is 78.3 Å². The molecular formula is C30H43N5O7S. The fraction of sp³-hybridized carbons (Fsp3) is 0.600. The average molecular weight is 618 g/mol. The van der Waals surface area contributed by atoms with Crippen molar-refractivity contribution in [2.45, 2.75) is 94.7 Å². The quantitative estimate of drug-likeness (QED) is 0.489. The van der Waals surface area contributed by atoms with Crippen LogP contribution in [0.2, 0.25) is 0 Å². The molecule has 1 aromatic rings. The lowest BCUT2D eigenvalue weighted by Gasteiger charge is -2.35. The van der Waals surface area contributed by atoms with Crippen molar-refractivity contribution in [2.24, 2.45) is 11.7 Å². The molecule has 1 saturated heterocycles. The Morgan fingerprint density at radius 3 is 2.42 bits per heavy atom. The van der Waals surface area contributed by atoms with Crippen molar-refractivity contribution in [1.29, 1.82) is 0 Å². The molecule has 3 aliphatic rings. The van der Waals surface area contributed by atoms with Crippen molar-refractivity contribution in [2.75, 3.05) is 17.9 Å². The summed E-state index contributed by atoms with van der Waals surface area (Å²) < 4.78 is 34.7. The minimum Gasteiger partial charge on any atom is -0.443 e. The molecule has 0 aromatic heterocycles. The van der Waals surface area contributed by atoms with Gasteiger partial charge in [-0.1, -0.05) is 43.2 Å². The summed E-state index contributed by atoms with van der Waals surface area (Å²) in [4.78, 5) is 53.9. The number of nitrogens with two attached hydrogens (primary N) is 1. The number of amides is 5. The number of benzene rings is 1. The number of rotatable bonds is 4. The summed E-state index contributed by atoms with van der Waals surface area (Å²) in [6, 6.07) is 5.27. The van der Waals surface area contributed by atoms with Crippen LogP contribution in [0.15, 0.2) is 42.5 Å². The molecule has 1 aliphatic carbocycles. The zero-order chi connectivity index (χ0) is 31.6. The molecule has 1 aromatic carbocycles. The first-order valence-corrected chi connectivity index (χ1v) is 16.3. The molecular weight excluding hydrogens is 574 g/mol. The van der Waals surface area contributed by atoms with Crippen LogP contribution in [0.3, 0.4) is 0 Å². The first-order valence-electron chi connectivity index (χ1n) is 14.8. The van der Waals surface area contributed by atoms with Gasteiger partial charge >= 0.3 is 12.1 Å². The number of ether oxygens (including phenoxy) is 1. The van der Waals surface area contributed by atoms with Gasteiger partial charge in [-0.3, -0.25) is 13.9 Å². The Kier molecular flexibility index (Phi) is 9.43. The predicted molar refractivity (Wildman–Crippen MR) is 161 cm³/mol. The summed E-state index contributed by atoms with van der Waals surface area (Å²) in [7, 11) is -2.61. The van der Waals surface area contributed by atoms with Gasteiger partial charge in [0.2, 0.25) is 11.8 Å².